The molecule has 0 aliphatic rings. The maximum atomic E-state index is 11.6. The van der Waals surface area contributed by atoms with Gasteiger partial charge in [0, 0.05) is 5.69 Å². The smallest absolute Gasteiger partial charge is 0.338 e. The summed E-state index contributed by atoms with van der Waals surface area (Å²) in [7, 11) is 0. The number of hydrogen-bond donors (Lipinski definition) is 1. The molecule has 1 N–H and O–H groups in total. The molecule has 0 unspecified atom stereocenters. The van der Waals surface area contributed by atoms with E-state index in [9.17, 15) is 9.90 Å². The van der Waals surface area contributed by atoms with Gasteiger partial charge in [-0.05, 0) is 43.4 Å². The normalized spacial score (nSPS) is 10.9. The van der Waals surface area contributed by atoms with Crippen LogP contribution in [0.1, 0.15) is 41.2 Å². The van der Waals surface area contributed by atoms with Crippen molar-refractivity contribution in [3.05, 3.63) is 52.8 Å². The maximum absolute atomic E-state index is 11.6. The minimum atomic E-state index is -0.924. The van der Waals surface area contributed by atoms with Gasteiger partial charge in [-0.1, -0.05) is 43.7 Å². The lowest BCUT2D eigenvalue weighted by molar-refractivity contribution is 0.0696. The van der Waals surface area contributed by atoms with Gasteiger partial charge in [-0.3, -0.25) is 4.98 Å². The summed E-state index contributed by atoms with van der Waals surface area (Å²) in [5, 5.41) is 9.50. The molecule has 1 heterocycles. The van der Waals surface area contributed by atoms with Crippen LogP contribution in [0.2, 0.25) is 0 Å². The van der Waals surface area contributed by atoms with Gasteiger partial charge in [0.15, 0.2) is 0 Å². The average molecular weight is 283 g/mol. The van der Waals surface area contributed by atoms with E-state index < -0.39 is 5.97 Å². The molecule has 3 nitrogen and oxygen atoms in total. The molecule has 1 aromatic carbocycles. The zero-order valence-corrected chi connectivity index (χ0v) is 13.0. The third kappa shape index (κ3) is 3.48. The fourth-order valence-electron chi connectivity index (χ4n) is 2.49. The Labute approximate surface area is 125 Å². The molecule has 2 aromatic rings. The number of carboxylic acids is 1. The van der Waals surface area contributed by atoms with Crippen molar-refractivity contribution in [1.29, 1.82) is 0 Å². The van der Waals surface area contributed by atoms with E-state index in [0.29, 0.717) is 17.2 Å². The van der Waals surface area contributed by atoms with Crippen LogP contribution in [0.15, 0.2) is 30.3 Å². The van der Waals surface area contributed by atoms with Crippen LogP contribution < -0.4 is 0 Å². The van der Waals surface area contributed by atoms with Crippen molar-refractivity contribution in [3.63, 3.8) is 0 Å². The van der Waals surface area contributed by atoms with E-state index in [0.717, 1.165) is 28.8 Å². The summed E-state index contributed by atoms with van der Waals surface area (Å²) in [6.07, 6.45) is 0.847. The number of rotatable bonds is 4. The highest BCUT2D eigenvalue weighted by molar-refractivity contribution is 5.97. The second-order valence-corrected chi connectivity index (χ2v) is 5.89. The Hall–Kier alpha value is -2.16. The predicted molar refractivity (Wildman–Crippen MR) is 84.6 cm³/mol. The number of hydrogen-bond acceptors (Lipinski definition) is 2. The van der Waals surface area contributed by atoms with E-state index in [1.54, 1.807) is 6.92 Å². The molecular weight excluding hydrogens is 262 g/mol. The van der Waals surface area contributed by atoms with Crippen LogP contribution in [0.25, 0.3) is 11.1 Å². The summed E-state index contributed by atoms with van der Waals surface area (Å²) < 4.78 is 0. The van der Waals surface area contributed by atoms with Crippen molar-refractivity contribution in [1.82, 2.24) is 4.98 Å². The van der Waals surface area contributed by atoms with Gasteiger partial charge in [0.1, 0.15) is 0 Å². The van der Waals surface area contributed by atoms with Crippen LogP contribution in [0.4, 0.5) is 0 Å². The number of carbonyl (C=O) groups is 1. The van der Waals surface area contributed by atoms with Crippen LogP contribution >= 0.6 is 0 Å². The van der Waals surface area contributed by atoms with Crippen molar-refractivity contribution in [2.45, 2.75) is 34.1 Å². The number of pyridine rings is 1. The highest BCUT2D eigenvalue weighted by Crippen LogP contribution is 2.27. The molecule has 0 atom stereocenters. The first-order valence-electron chi connectivity index (χ1n) is 7.19. The van der Waals surface area contributed by atoms with Gasteiger partial charge in [0.05, 0.1) is 11.3 Å². The number of carboxylic acid groups (broad SMARTS) is 1. The Balaban J connectivity index is 2.62. The van der Waals surface area contributed by atoms with E-state index in [1.807, 2.05) is 37.3 Å². The highest BCUT2D eigenvalue weighted by Gasteiger charge is 2.17. The van der Waals surface area contributed by atoms with Crippen molar-refractivity contribution in [3.8, 4) is 11.1 Å². The predicted octanol–water partition coefficient (Wildman–Crippen LogP) is 4.26. The Morgan fingerprint density at radius 1 is 1.19 bits per heavy atom. The van der Waals surface area contributed by atoms with Crippen LogP contribution in [0.3, 0.4) is 0 Å². The first-order valence-corrected chi connectivity index (χ1v) is 7.19. The van der Waals surface area contributed by atoms with Gasteiger partial charge in [-0.25, -0.2) is 4.79 Å². The standard InChI is InChI=1S/C18H21NO2/c1-11(2)9-15-10-16(14-7-5-12(3)6-8-14)17(18(20)21)13(4)19-15/h5-8,10-11H,9H2,1-4H3,(H,20,21). The summed E-state index contributed by atoms with van der Waals surface area (Å²) in [5.74, 6) is -0.440. The summed E-state index contributed by atoms with van der Waals surface area (Å²) in [5.41, 5.74) is 4.66. The van der Waals surface area contributed by atoms with Crippen molar-refractivity contribution in [2.24, 2.45) is 5.92 Å². The molecule has 0 radical (unpaired) electrons. The minimum Gasteiger partial charge on any atom is -0.478 e. The van der Waals surface area contributed by atoms with Crippen molar-refractivity contribution in [2.75, 3.05) is 0 Å². The molecule has 0 spiro atoms. The molecule has 1 aromatic heterocycles. The average Bonchev–Trinajstić information content (AvgIpc) is 2.37. The van der Waals surface area contributed by atoms with E-state index in [-0.39, 0.29) is 0 Å². The van der Waals surface area contributed by atoms with Gasteiger partial charge in [0.2, 0.25) is 0 Å². The van der Waals surface area contributed by atoms with E-state index >= 15 is 0 Å². The van der Waals surface area contributed by atoms with Gasteiger partial charge in [-0.2, -0.15) is 0 Å². The number of aromatic nitrogens is 1. The Bertz CT molecular complexity index is 658. The van der Waals surface area contributed by atoms with Crippen LogP contribution in [0.5, 0.6) is 0 Å². The zero-order chi connectivity index (χ0) is 15.6. The van der Waals surface area contributed by atoms with Crippen molar-refractivity contribution >= 4 is 5.97 Å². The molecule has 0 saturated carbocycles. The Morgan fingerprint density at radius 3 is 2.33 bits per heavy atom. The Kier molecular flexibility index (Phi) is 4.41. The van der Waals surface area contributed by atoms with E-state index in [4.69, 9.17) is 0 Å². The lowest BCUT2D eigenvalue weighted by Crippen LogP contribution is -2.08. The number of benzene rings is 1. The van der Waals surface area contributed by atoms with E-state index in [2.05, 4.69) is 18.8 Å². The van der Waals surface area contributed by atoms with Crippen LogP contribution in [-0.4, -0.2) is 16.1 Å². The molecule has 3 heteroatoms. The first kappa shape index (κ1) is 15.2. The van der Waals surface area contributed by atoms with E-state index in [1.165, 1.54) is 0 Å². The monoisotopic (exact) mass is 283 g/mol. The lowest BCUT2D eigenvalue weighted by atomic mass is 9.95. The van der Waals surface area contributed by atoms with Crippen molar-refractivity contribution < 1.29 is 9.90 Å². The molecule has 0 aliphatic carbocycles. The van der Waals surface area contributed by atoms with Gasteiger partial charge >= 0.3 is 5.97 Å². The molecule has 110 valence electrons. The molecule has 0 saturated heterocycles. The van der Waals surface area contributed by atoms with Crippen LogP contribution in [-0.2, 0) is 6.42 Å². The summed E-state index contributed by atoms with van der Waals surface area (Å²) in [4.78, 5) is 16.0. The fraction of sp³-hybridized carbons (Fsp3) is 0.333. The largest absolute Gasteiger partial charge is 0.478 e. The molecule has 21 heavy (non-hydrogen) atoms. The Morgan fingerprint density at radius 2 is 1.81 bits per heavy atom. The molecule has 2 rings (SSSR count). The second kappa shape index (κ2) is 6.08. The number of aryl methyl sites for hydroxylation is 2. The van der Waals surface area contributed by atoms with Gasteiger partial charge < -0.3 is 5.11 Å². The quantitative estimate of drug-likeness (QED) is 0.912. The lowest BCUT2D eigenvalue weighted by Gasteiger charge is -2.13. The first-order chi connectivity index (χ1) is 9.88. The third-order valence-corrected chi connectivity index (χ3v) is 3.45. The minimum absolute atomic E-state index is 0.298. The molecule has 0 fully saturated rings. The molecular formula is C18H21NO2. The highest BCUT2D eigenvalue weighted by atomic mass is 16.4. The van der Waals surface area contributed by atoms with Gasteiger partial charge in [0.25, 0.3) is 0 Å². The fourth-order valence-corrected chi connectivity index (χ4v) is 2.49. The summed E-state index contributed by atoms with van der Waals surface area (Å²) in [6, 6.07) is 9.85. The molecule has 0 amide bonds. The summed E-state index contributed by atoms with van der Waals surface area (Å²) >= 11 is 0. The topological polar surface area (TPSA) is 50.2 Å². The van der Waals surface area contributed by atoms with Gasteiger partial charge in [-0.15, -0.1) is 0 Å². The number of nitrogens with zero attached hydrogens (tertiary/aromatic N) is 1. The molecule has 0 aliphatic heterocycles. The summed E-state index contributed by atoms with van der Waals surface area (Å²) in [6.45, 7) is 8.05. The second-order valence-electron chi connectivity index (χ2n) is 5.89. The zero-order valence-electron chi connectivity index (χ0n) is 13.0. The third-order valence-electron chi connectivity index (χ3n) is 3.45. The SMILES string of the molecule is Cc1ccc(-c2cc(CC(C)C)nc(C)c2C(=O)O)cc1. The number of aromatic carboxylic acids is 1. The maximum Gasteiger partial charge on any atom is 0.338 e. The van der Waals surface area contributed by atoms with Crippen LogP contribution in [0, 0.1) is 19.8 Å². The molecule has 0 bridgehead atoms.